The lowest BCUT2D eigenvalue weighted by Gasteiger charge is -2.26. The van der Waals surface area contributed by atoms with Crippen LogP contribution in [0.5, 0.6) is 5.75 Å². The standard InChI is InChI=1S/C15H20FNO/c1-11-6-14-12(9-17-4-2-3-5-17)7-13(16)8-15(14)18-10-11/h7-8,11H,2-6,9-10H2,1H3. The maximum Gasteiger partial charge on any atom is 0.127 e. The van der Waals surface area contributed by atoms with Crippen LogP contribution in [0.3, 0.4) is 0 Å². The molecule has 1 aromatic carbocycles. The summed E-state index contributed by atoms with van der Waals surface area (Å²) in [6, 6.07) is 3.23. The molecule has 0 N–H and O–H groups in total. The van der Waals surface area contributed by atoms with E-state index in [2.05, 4.69) is 11.8 Å². The van der Waals surface area contributed by atoms with Gasteiger partial charge in [0.25, 0.3) is 0 Å². The van der Waals surface area contributed by atoms with Crippen molar-refractivity contribution in [1.29, 1.82) is 0 Å². The Morgan fingerprint density at radius 2 is 2.11 bits per heavy atom. The predicted octanol–water partition coefficient (Wildman–Crippen LogP) is 2.99. The Balaban J connectivity index is 1.89. The molecule has 0 saturated carbocycles. The van der Waals surface area contributed by atoms with Gasteiger partial charge in [0, 0.05) is 12.6 Å². The molecule has 18 heavy (non-hydrogen) atoms. The highest BCUT2D eigenvalue weighted by Crippen LogP contribution is 2.32. The fourth-order valence-corrected chi connectivity index (χ4v) is 2.99. The van der Waals surface area contributed by atoms with Crippen molar-refractivity contribution in [3.8, 4) is 5.75 Å². The van der Waals surface area contributed by atoms with Gasteiger partial charge in [-0.3, -0.25) is 4.90 Å². The van der Waals surface area contributed by atoms with E-state index in [4.69, 9.17) is 4.74 Å². The molecule has 2 nitrogen and oxygen atoms in total. The maximum atomic E-state index is 13.6. The van der Waals surface area contributed by atoms with Gasteiger partial charge in [0.2, 0.25) is 0 Å². The molecular formula is C15H20FNO. The number of hydrogen-bond acceptors (Lipinski definition) is 2. The highest BCUT2D eigenvalue weighted by Gasteiger charge is 2.22. The summed E-state index contributed by atoms with van der Waals surface area (Å²) < 4.78 is 19.3. The van der Waals surface area contributed by atoms with Gasteiger partial charge in [-0.25, -0.2) is 4.39 Å². The van der Waals surface area contributed by atoms with E-state index in [0.717, 1.165) is 37.4 Å². The van der Waals surface area contributed by atoms with Crippen molar-refractivity contribution in [2.75, 3.05) is 19.7 Å². The van der Waals surface area contributed by atoms with E-state index in [1.165, 1.54) is 24.5 Å². The molecule has 2 aliphatic rings. The Kier molecular flexibility index (Phi) is 3.25. The SMILES string of the molecule is CC1COc2cc(F)cc(CN3CCCC3)c2C1. The number of likely N-dealkylation sites (tertiary alicyclic amines) is 1. The molecular weight excluding hydrogens is 229 g/mol. The topological polar surface area (TPSA) is 12.5 Å². The van der Waals surface area contributed by atoms with Gasteiger partial charge in [-0.1, -0.05) is 6.92 Å². The van der Waals surface area contributed by atoms with Gasteiger partial charge in [-0.15, -0.1) is 0 Å². The molecule has 3 heteroatoms. The van der Waals surface area contributed by atoms with Crippen LogP contribution in [0.15, 0.2) is 12.1 Å². The number of nitrogens with zero attached hydrogens (tertiary/aromatic N) is 1. The predicted molar refractivity (Wildman–Crippen MR) is 69.3 cm³/mol. The van der Waals surface area contributed by atoms with Crippen LogP contribution in [0, 0.1) is 11.7 Å². The maximum absolute atomic E-state index is 13.6. The van der Waals surface area contributed by atoms with E-state index in [9.17, 15) is 4.39 Å². The minimum atomic E-state index is -0.169. The number of rotatable bonds is 2. The lowest BCUT2D eigenvalue weighted by molar-refractivity contribution is 0.230. The Labute approximate surface area is 108 Å². The summed E-state index contributed by atoms with van der Waals surface area (Å²) in [5.41, 5.74) is 2.35. The third-order valence-electron chi connectivity index (χ3n) is 3.93. The zero-order valence-electron chi connectivity index (χ0n) is 10.9. The summed E-state index contributed by atoms with van der Waals surface area (Å²) in [6.07, 6.45) is 3.55. The molecule has 2 aliphatic heterocycles. The van der Waals surface area contributed by atoms with Crippen molar-refractivity contribution in [2.45, 2.75) is 32.7 Å². The molecule has 0 radical (unpaired) electrons. The first-order valence-corrected chi connectivity index (χ1v) is 6.89. The van der Waals surface area contributed by atoms with Crippen LogP contribution in [-0.4, -0.2) is 24.6 Å². The average Bonchev–Trinajstić information content (AvgIpc) is 2.83. The first-order valence-electron chi connectivity index (χ1n) is 6.89. The molecule has 2 heterocycles. The van der Waals surface area contributed by atoms with E-state index in [1.807, 2.05) is 0 Å². The van der Waals surface area contributed by atoms with Crippen molar-refractivity contribution in [1.82, 2.24) is 4.90 Å². The van der Waals surface area contributed by atoms with Gasteiger partial charge in [0.05, 0.1) is 6.61 Å². The molecule has 1 unspecified atom stereocenters. The quantitative estimate of drug-likeness (QED) is 0.799. The molecule has 0 bridgehead atoms. The lowest BCUT2D eigenvalue weighted by atomic mass is 9.93. The van der Waals surface area contributed by atoms with Gasteiger partial charge < -0.3 is 4.74 Å². The van der Waals surface area contributed by atoms with Crippen molar-refractivity contribution in [2.24, 2.45) is 5.92 Å². The van der Waals surface area contributed by atoms with E-state index < -0.39 is 0 Å². The van der Waals surface area contributed by atoms with Crippen molar-refractivity contribution in [3.63, 3.8) is 0 Å². The van der Waals surface area contributed by atoms with E-state index in [1.54, 1.807) is 6.07 Å². The summed E-state index contributed by atoms with van der Waals surface area (Å²) in [7, 11) is 0. The fourth-order valence-electron chi connectivity index (χ4n) is 2.99. The van der Waals surface area contributed by atoms with Gasteiger partial charge in [-0.05, 0) is 55.5 Å². The third-order valence-corrected chi connectivity index (χ3v) is 3.93. The average molecular weight is 249 g/mol. The number of ether oxygens (including phenoxy) is 1. The summed E-state index contributed by atoms with van der Waals surface area (Å²) in [5, 5.41) is 0. The van der Waals surface area contributed by atoms with Gasteiger partial charge in [-0.2, -0.15) is 0 Å². The van der Waals surface area contributed by atoms with E-state index in [0.29, 0.717) is 12.5 Å². The van der Waals surface area contributed by atoms with Crippen molar-refractivity contribution >= 4 is 0 Å². The zero-order chi connectivity index (χ0) is 12.5. The highest BCUT2D eigenvalue weighted by molar-refractivity contribution is 5.42. The molecule has 1 atom stereocenters. The number of hydrogen-bond donors (Lipinski definition) is 0. The largest absolute Gasteiger partial charge is 0.493 e. The van der Waals surface area contributed by atoms with Gasteiger partial charge >= 0.3 is 0 Å². The summed E-state index contributed by atoms with van der Waals surface area (Å²) >= 11 is 0. The molecule has 0 amide bonds. The van der Waals surface area contributed by atoms with Crippen molar-refractivity contribution in [3.05, 3.63) is 29.1 Å². The number of halogens is 1. The van der Waals surface area contributed by atoms with Crippen LogP contribution in [-0.2, 0) is 13.0 Å². The molecule has 3 rings (SSSR count). The molecule has 0 aromatic heterocycles. The normalized spacial score (nSPS) is 23.8. The monoisotopic (exact) mass is 249 g/mol. The van der Waals surface area contributed by atoms with Crippen LogP contribution in [0.4, 0.5) is 4.39 Å². The summed E-state index contributed by atoms with van der Waals surface area (Å²) in [4.78, 5) is 2.41. The second-order valence-corrected chi connectivity index (χ2v) is 5.65. The van der Waals surface area contributed by atoms with Crippen LogP contribution in [0.1, 0.15) is 30.9 Å². The summed E-state index contributed by atoms with van der Waals surface area (Å²) in [6.45, 7) is 6.05. The van der Waals surface area contributed by atoms with Crippen LogP contribution >= 0.6 is 0 Å². The molecule has 1 aromatic rings. The van der Waals surface area contributed by atoms with Crippen molar-refractivity contribution < 1.29 is 9.13 Å². The van der Waals surface area contributed by atoms with Crippen LogP contribution < -0.4 is 4.74 Å². The van der Waals surface area contributed by atoms with Gasteiger partial charge in [0.15, 0.2) is 0 Å². The number of benzene rings is 1. The Morgan fingerprint density at radius 3 is 2.89 bits per heavy atom. The zero-order valence-corrected chi connectivity index (χ0v) is 10.9. The molecule has 1 saturated heterocycles. The minimum Gasteiger partial charge on any atom is -0.493 e. The second kappa shape index (κ2) is 4.88. The van der Waals surface area contributed by atoms with Crippen LogP contribution in [0.25, 0.3) is 0 Å². The third kappa shape index (κ3) is 2.37. The first-order chi connectivity index (χ1) is 8.72. The van der Waals surface area contributed by atoms with Gasteiger partial charge in [0.1, 0.15) is 11.6 Å². The fraction of sp³-hybridized carbons (Fsp3) is 0.600. The highest BCUT2D eigenvalue weighted by atomic mass is 19.1. The molecule has 1 fully saturated rings. The lowest BCUT2D eigenvalue weighted by Crippen LogP contribution is -2.23. The summed E-state index contributed by atoms with van der Waals surface area (Å²) in [5.74, 6) is 1.13. The van der Waals surface area contributed by atoms with E-state index >= 15 is 0 Å². The Morgan fingerprint density at radius 1 is 1.33 bits per heavy atom. The number of fused-ring (bicyclic) bond motifs is 1. The first kappa shape index (κ1) is 12.0. The Bertz CT molecular complexity index is 440. The second-order valence-electron chi connectivity index (χ2n) is 5.65. The molecule has 0 aliphatic carbocycles. The smallest absolute Gasteiger partial charge is 0.127 e. The van der Waals surface area contributed by atoms with Crippen LogP contribution in [0.2, 0.25) is 0 Å². The Hall–Kier alpha value is -1.09. The van der Waals surface area contributed by atoms with E-state index in [-0.39, 0.29) is 5.82 Å². The molecule has 0 spiro atoms. The minimum absolute atomic E-state index is 0.169. The molecule has 98 valence electrons.